The molecule has 2 N–H and O–H groups in total. The molecular weight excluding hydrogens is 376 g/mol. The predicted octanol–water partition coefficient (Wildman–Crippen LogP) is 3.29. The molecule has 1 aromatic heterocycles. The van der Waals surface area contributed by atoms with Gasteiger partial charge in [0.1, 0.15) is 17.2 Å². The van der Waals surface area contributed by atoms with Gasteiger partial charge in [-0.3, -0.25) is 4.79 Å². The van der Waals surface area contributed by atoms with Gasteiger partial charge < -0.3 is 10.4 Å². The summed E-state index contributed by atoms with van der Waals surface area (Å²) < 4.78 is 1.68. The fourth-order valence-electron chi connectivity index (χ4n) is 4.11. The number of aromatic nitrogens is 3. The summed E-state index contributed by atoms with van der Waals surface area (Å²) in [7, 11) is 1.60. The maximum Gasteiger partial charge on any atom is 0.224 e. The lowest BCUT2D eigenvalue weighted by molar-refractivity contribution is -0.129. The molecule has 2 atom stereocenters. The van der Waals surface area contributed by atoms with Crippen LogP contribution in [0.5, 0.6) is 0 Å². The molecule has 1 amide bonds. The van der Waals surface area contributed by atoms with Crippen LogP contribution in [0.25, 0.3) is 11.0 Å². The van der Waals surface area contributed by atoms with Crippen LogP contribution in [0.2, 0.25) is 0 Å². The normalized spacial score (nSPS) is 13.7. The third kappa shape index (κ3) is 3.25. The van der Waals surface area contributed by atoms with E-state index in [1.165, 1.54) is 0 Å². The Labute approximate surface area is 175 Å². The predicted molar refractivity (Wildman–Crippen MR) is 116 cm³/mol. The van der Waals surface area contributed by atoms with E-state index in [1.807, 2.05) is 84.9 Å². The zero-order valence-electron chi connectivity index (χ0n) is 16.9. The van der Waals surface area contributed by atoms with E-state index in [1.54, 1.807) is 18.7 Å². The first kappa shape index (κ1) is 19.8. The molecule has 0 saturated heterocycles. The van der Waals surface area contributed by atoms with Crippen LogP contribution in [0, 0.1) is 5.92 Å². The van der Waals surface area contributed by atoms with E-state index in [4.69, 9.17) is 0 Å². The topological polar surface area (TPSA) is 80.0 Å². The second kappa shape index (κ2) is 8.08. The van der Waals surface area contributed by atoms with Gasteiger partial charge in [0.05, 0.1) is 11.4 Å². The highest BCUT2D eigenvalue weighted by Crippen LogP contribution is 2.44. The van der Waals surface area contributed by atoms with Crippen molar-refractivity contribution in [3.05, 3.63) is 96.1 Å². The standard InChI is InChI=1S/C24H24N4O2/c1-17(23(29)25-2)22(28-21-16-10-9-15-20(21)26-27-28)24(30,18-11-5-3-6-12-18)19-13-7-4-8-14-19/h3-17,22,30H,1-2H3,(H,25,29). The molecule has 0 aliphatic carbocycles. The molecule has 6 heteroatoms. The number of carbonyl (C=O) groups is 1. The SMILES string of the molecule is CNC(=O)C(C)C(n1nnc2ccccc21)C(O)(c1ccccc1)c1ccccc1. The van der Waals surface area contributed by atoms with Crippen molar-refractivity contribution in [2.24, 2.45) is 5.92 Å². The number of nitrogens with one attached hydrogen (secondary N) is 1. The summed E-state index contributed by atoms with van der Waals surface area (Å²) in [6, 6.07) is 25.6. The molecule has 4 rings (SSSR count). The van der Waals surface area contributed by atoms with Crippen LogP contribution < -0.4 is 5.32 Å². The van der Waals surface area contributed by atoms with E-state index in [2.05, 4.69) is 15.6 Å². The lowest BCUT2D eigenvalue weighted by Gasteiger charge is -2.40. The van der Waals surface area contributed by atoms with E-state index in [9.17, 15) is 9.90 Å². The fourth-order valence-corrected chi connectivity index (χ4v) is 4.11. The van der Waals surface area contributed by atoms with E-state index in [0.29, 0.717) is 16.6 Å². The van der Waals surface area contributed by atoms with Gasteiger partial charge in [-0.1, -0.05) is 84.9 Å². The summed E-state index contributed by atoms with van der Waals surface area (Å²) in [5, 5.41) is 23.8. The molecule has 6 nitrogen and oxygen atoms in total. The van der Waals surface area contributed by atoms with Crippen molar-refractivity contribution < 1.29 is 9.90 Å². The molecule has 0 fully saturated rings. The van der Waals surface area contributed by atoms with E-state index in [0.717, 1.165) is 5.52 Å². The van der Waals surface area contributed by atoms with Gasteiger partial charge in [-0.05, 0) is 23.3 Å². The smallest absolute Gasteiger partial charge is 0.224 e. The number of benzene rings is 3. The Morgan fingerprint density at radius 1 is 0.933 bits per heavy atom. The highest BCUT2D eigenvalue weighted by atomic mass is 16.3. The number of nitrogens with zero attached hydrogens (tertiary/aromatic N) is 3. The summed E-state index contributed by atoms with van der Waals surface area (Å²) in [6.45, 7) is 1.80. The molecule has 2 unspecified atom stereocenters. The Morgan fingerprint density at radius 3 is 2.03 bits per heavy atom. The van der Waals surface area contributed by atoms with Crippen molar-refractivity contribution in [1.29, 1.82) is 0 Å². The van der Waals surface area contributed by atoms with Crippen LogP contribution in [0.15, 0.2) is 84.9 Å². The first-order chi connectivity index (χ1) is 14.6. The number of carbonyl (C=O) groups excluding carboxylic acids is 1. The molecular formula is C24H24N4O2. The molecule has 0 aliphatic heterocycles. The number of aliphatic hydroxyl groups is 1. The van der Waals surface area contributed by atoms with Gasteiger partial charge in [-0.25, -0.2) is 4.68 Å². The van der Waals surface area contributed by atoms with Crippen molar-refractivity contribution >= 4 is 16.9 Å². The third-order valence-corrected chi connectivity index (χ3v) is 5.63. The van der Waals surface area contributed by atoms with Crippen LogP contribution in [-0.2, 0) is 10.4 Å². The van der Waals surface area contributed by atoms with Crippen molar-refractivity contribution in [3.63, 3.8) is 0 Å². The van der Waals surface area contributed by atoms with Crippen molar-refractivity contribution in [2.75, 3.05) is 7.05 Å². The Morgan fingerprint density at radius 2 is 1.47 bits per heavy atom. The molecule has 0 radical (unpaired) electrons. The van der Waals surface area contributed by atoms with Crippen LogP contribution in [0.1, 0.15) is 24.1 Å². The molecule has 0 bridgehead atoms. The number of hydrogen-bond donors (Lipinski definition) is 2. The highest BCUT2D eigenvalue weighted by Gasteiger charge is 2.47. The molecule has 0 saturated carbocycles. The molecule has 3 aromatic carbocycles. The molecule has 0 aliphatic rings. The van der Waals surface area contributed by atoms with Crippen LogP contribution in [0.4, 0.5) is 0 Å². The van der Waals surface area contributed by atoms with Crippen molar-refractivity contribution in [1.82, 2.24) is 20.3 Å². The van der Waals surface area contributed by atoms with Gasteiger partial charge in [0, 0.05) is 7.05 Å². The molecule has 0 spiro atoms. The number of para-hydroxylation sites is 1. The number of hydrogen-bond acceptors (Lipinski definition) is 4. The molecule has 152 valence electrons. The molecule has 30 heavy (non-hydrogen) atoms. The second-order valence-electron chi connectivity index (χ2n) is 7.37. The van der Waals surface area contributed by atoms with Gasteiger partial charge >= 0.3 is 0 Å². The second-order valence-corrected chi connectivity index (χ2v) is 7.37. The maximum absolute atomic E-state index is 12.8. The van der Waals surface area contributed by atoms with Crippen LogP contribution >= 0.6 is 0 Å². The van der Waals surface area contributed by atoms with E-state index >= 15 is 0 Å². The van der Waals surface area contributed by atoms with Gasteiger partial charge in [0.15, 0.2) is 0 Å². The zero-order valence-corrected chi connectivity index (χ0v) is 16.9. The first-order valence-electron chi connectivity index (χ1n) is 9.92. The monoisotopic (exact) mass is 400 g/mol. The minimum Gasteiger partial charge on any atom is -0.378 e. The first-order valence-corrected chi connectivity index (χ1v) is 9.92. The Bertz CT molecular complexity index is 1100. The van der Waals surface area contributed by atoms with E-state index < -0.39 is 17.6 Å². The summed E-state index contributed by atoms with van der Waals surface area (Å²) in [5.41, 5.74) is 1.29. The molecule has 4 aromatic rings. The largest absolute Gasteiger partial charge is 0.378 e. The minimum absolute atomic E-state index is 0.190. The summed E-state index contributed by atoms with van der Waals surface area (Å²) in [5.74, 6) is -0.796. The lowest BCUT2D eigenvalue weighted by Crippen LogP contribution is -2.46. The Hall–Kier alpha value is -3.51. The Balaban J connectivity index is 2.03. The third-order valence-electron chi connectivity index (χ3n) is 5.63. The van der Waals surface area contributed by atoms with Crippen LogP contribution in [-0.4, -0.2) is 33.1 Å². The minimum atomic E-state index is -1.52. The highest BCUT2D eigenvalue weighted by molar-refractivity contribution is 5.80. The maximum atomic E-state index is 12.8. The quantitative estimate of drug-likeness (QED) is 0.520. The van der Waals surface area contributed by atoms with Gasteiger partial charge in [-0.15, -0.1) is 5.10 Å². The average Bonchev–Trinajstić information content (AvgIpc) is 3.23. The van der Waals surface area contributed by atoms with Gasteiger partial charge in [0.25, 0.3) is 0 Å². The van der Waals surface area contributed by atoms with Gasteiger partial charge in [0.2, 0.25) is 5.91 Å². The van der Waals surface area contributed by atoms with Crippen molar-refractivity contribution in [2.45, 2.75) is 18.6 Å². The zero-order chi connectivity index (χ0) is 21.1. The lowest BCUT2D eigenvalue weighted by atomic mass is 9.75. The average molecular weight is 400 g/mol. The fraction of sp³-hybridized carbons (Fsp3) is 0.208. The van der Waals surface area contributed by atoms with Crippen LogP contribution in [0.3, 0.4) is 0 Å². The van der Waals surface area contributed by atoms with E-state index in [-0.39, 0.29) is 5.91 Å². The number of fused-ring (bicyclic) bond motifs is 1. The number of rotatable bonds is 6. The summed E-state index contributed by atoms with van der Waals surface area (Å²) >= 11 is 0. The Kier molecular flexibility index (Phi) is 5.33. The summed E-state index contributed by atoms with van der Waals surface area (Å²) in [6.07, 6.45) is 0. The van der Waals surface area contributed by atoms with Gasteiger partial charge in [-0.2, -0.15) is 0 Å². The van der Waals surface area contributed by atoms with Crippen molar-refractivity contribution in [3.8, 4) is 0 Å². The summed E-state index contributed by atoms with van der Waals surface area (Å²) in [4.78, 5) is 12.8. The molecule has 1 heterocycles. The number of amides is 1.